The third-order valence-corrected chi connectivity index (χ3v) is 6.62. The first-order chi connectivity index (χ1) is 14.6. The second-order valence-electron chi connectivity index (χ2n) is 7.54. The Kier molecular flexibility index (Phi) is 5.05. The number of ketones is 1. The van der Waals surface area contributed by atoms with Gasteiger partial charge in [0.2, 0.25) is 5.16 Å². The Bertz CT molecular complexity index is 1270. The molecule has 7 heteroatoms. The van der Waals surface area contributed by atoms with Gasteiger partial charge in [0.15, 0.2) is 5.78 Å². The van der Waals surface area contributed by atoms with Crippen molar-refractivity contribution in [2.75, 3.05) is 0 Å². The van der Waals surface area contributed by atoms with Gasteiger partial charge in [0.05, 0.1) is 11.3 Å². The van der Waals surface area contributed by atoms with Crippen molar-refractivity contribution in [2.45, 2.75) is 36.6 Å². The summed E-state index contributed by atoms with van der Waals surface area (Å²) in [4.78, 5) is 22.1. The molecule has 5 nitrogen and oxygen atoms in total. The molecule has 0 radical (unpaired) electrons. The topological polar surface area (TPSA) is 60.1 Å². The largest absolute Gasteiger partial charge is 0.294 e. The van der Waals surface area contributed by atoms with Gasteiger partial charge in [-0.1, -0.05) is 59.8 Å². The zero-order valence-corrected chi connectivity index (χ0v) is 18.0. The van der Waals surface area contributed by atoms with Crippen LogP contribution in [0.2, 0.25) is 5.02 Å². The third kappa shape index (κ3) is 3.73. The molecule has 1 aliphatic rings. The predicted molar refractivity (Wildman–Crippen MR) is 118 cm³/mol. The number of thioether (sulfide) groups is 1. The summed E-state index contributed by atoms with van der Waals surface area (Å²) < 4.78 is 1.62. The lowest BCUT2D eigenvalue weighted by atomic mass is 9.82. The first kappa shape index (κ1) is 19.3. The standard InChI is InChI=1S/C23H19ClN4OS/c1-14-5-2-3-6-16(14)13-30-23-26-22-25-20-10-17(15-7-4-8-18(24)9-15)11-21(29)19(20)12-28(22)27-23/h2-9,12,17H,10-11,13H2,1H3. The van der Waals surface area contributed by atoms with Crippen LogP contribution in [-0.2, 0) is 12.2 Å². The number of carbonyl (C=O) groups is 1. The maximum atomic E-state index is 12.8. The van der Waals surface area contributed by atoms with E-state index in [1.54, 1.807) is 22.5 Å². The van der Waals surface area contributed by atoms with Gasteiger partial charge in [-0.25, -0.2) is 9.50 Å². The van der Waals surface area contributed by atoms with E-state index >= 15 is 0 Å². The summed E-state index contributed by atoms with van der Waals surface area (Å²) in [6.45, 7) is 2.10. The molecule has 0 amide bonds. The molecule has 0 spiro atoms. The van der Waals surface area contributed by atoms with Crippen LogP contribution >= 0.6 is 23.4 Å². The van der Waals surface area contributed by atoms with E-state index in [4.69, 9.17) is 11.6 Å². The van der Waals surface area contributed by atoms with E-state index in [1.807, 2.05) is 36.4 Å². The molecule has 2 heterocycles. The molecular weight excluding hydrogens is 416 g/mol. The number of benzene rings is 2. The van der Waals surface area contributed by atoms with E-state index in [2.05, 4.69) is 34.1 Å². The molecule has 1 unspecified atom stereocenters. The molecule has 30 heavy (non-hydrogen) atoms. The Hall–Kier alpha value is -2.70. The van der Waals surface area contributed by atoms with Crippen LogP contribution in [0.4, 0.5) is 0 Å². The zero-order chi connectivity index (χ0) is 20.7. The van der Waals surface area contributed by atoms with E-state index in [-0.39, 0.29) is 11.7 Å². The monoisotopic (exact) mass is 434 g/mol. The Morgan fingerprint density at radius 3 is 2.83 bits per heavy atom. The van der Waals surface area contributed by atoms with Gasteiger partial charge in [-0.3, -0.25) is 4.79 Å². The first-order valence-corrected chi connectivity index (χ1v) is 11.2. The summed E-state index contributed by atoms with van der Waals surface area (Å²) >= 11 is 7.71. The molecule has 0 bridgehead atoms. The van der Waals surface area contributed by atoms with E-state index in [9.17, 15) is 4.79 Å². The molecule has 5 rings (SSSR count). The number of halogens is 1. The van der Waals surface area contributed by atoms with E-state index in [0.29, 0.717) is 34.4 Å². The molecule has 1 aliphatic carbocycles. The smallest absolute Gasteiger partial charge is 0.253 e. The lowest BCUT2D eigenvalue weighted by Gasteiger charge is -2.23. The predicted octanol–water partition coefficient (Wildman–Crippen LogP) is 5.29. The quantitative estimate of drug-likeness (QED) is 0.408. The highest BCUT2D eigenvalue weighted by Crippen LogP contribution is 2.33. The van der Waals surface area contributed by atoms with Crippen molar-refractivity contribution in [3.63, 3.8) is 0 Å². The Morgan fingerprint density at radius 2 is 2.00 bits per heavy atom. The number of hydrogen-bond donors (Lipinski definition) is 0. The Balaban J connectivity index is 1.42. The van der Waals surface area contributed by atoms with E-state index < -0.39 is 0 Å². The molecule has 1 atom stereocenters. The van der Waals surface area contributed by atoms with Crippen LogP contribution in [0.25, 0.3) is 5.78 Å². The first-order valence-electron chi connectivity index (χ1n) is 9.79. The average molecular weight is 435 g/mol. The molecule has 0 saturated carbocycles. The van der Waals surface area contributed by atoms with E-state index in [0.717, 1.165) is 17.0 Å². The van der Waals surface area contributed by atoms with Crippen molar-refractivity contribution in [1.82, 2.24) is 19.6 Å². The summed E-state index contributed by atoms with van der Waals surface area (Å²) in [5, 5.41) is 5.87. The number of fused-ring (bicyclic) bond motifs is 2. The minimum Gasteiger partial charge on any atom is -0.294 e. The summed E-state index contributed by atoms with van der Waals surface area (Å²) in [5.74, 6) is 1.48. The number of carbonyl (C=O) groups excluding carboxylic acids is 1. The van der Waals surface area contributed by atoms with Crippen molar-refractivity contribution in [1.29, 1.82) is 0 Å². The van der Waals surface area contributed by atoms with Crippen LogP contribution in [0.1, 0.15) is 45.1 Å². The molecule has 0 fully saturated rings. The maximum Gasteiger partial charge on any atom is 0.253 e. The Labute approximate surface area is 183 Å². The summed E-state index contributed by atoms with van der Waals surface area (Å²) in [6, 6.07) is 16.0. The van der Waals surface area contributed by atoms with Gasteiger partial charge in [-0.2, -0.15) is 4.98 Å². The van der Waals surface area contributed by atoms with Crippen molar-refractivity contribution >= 4 is 34.9 Å². The van der Waals surface area contributed by atoms with Gasteiger partial charge in [-0.15, -0.1) is 5.10 Å². The van der Waals surface area contributed by atoms with E-state index in [1.165, 1.54) is 11.1 Å². The molecule has 4 aromatic rings. The molecule has 150 valence electrons. The highest BCUT2D eigenvalue weighted by Gasteiger charge is 2.28. The lowest BCUT2D eigenvalue weighted by molar-refractivity contribution is 0.0962. The van der Waals surface area contributed by atoms with Crippen LogP contribution in [0.15, 0.2) is 59.9 Å². The van der Waals surface area contributed by atoms with Gasteiger partial charge in [0.25, 0.3) is 5.78 Å². The fraction of sp³-hybridized carbons (Fsp3) is 0.217. The molecular formula is C23H19ClN4OS. The molecule has 2 aromatic carbocycles. The number of rotatable bonds is 4. The van der Waals surface area contributed by atoms with Gasteiger partial charge in [-0.05, 0) is 48.1 Å². The van der Waals surface area contributed by atoms with Gasteiger partial charge >= 0.3 is 0 Å². The zero-order valence-electron chi connectivity index (χ0n) is 16.4. The second-order valence-corrected chi connectivity index (χ2v) is 8.92. The number of Topliss-reactive ketones (excluding diaryl/α,β-unsaturated/α-hetero) is 1. The van der Waals surface area contributed by atoms with Gasteiger partial charge in [0, 0.05) is 23.4 Å². The van der Waals surface area contributed by atoms with Crippen LogP contribution < -0.4 is 0 Å². The summed E-state index contributed by atoms with van der Waals surface area (Å²) in [6.07, 6.45) is 2.92. The highest BCUT2D eigenvalue weighted by atomic mass is 35.5. The fourth-order valence-electron chi connectivity index (χ4n) is 3.84. The minimum atomic E-state index is 0.0801. The van der Waals surface area contributed by atoms with Crippen LogP contribution in [-0.4, -0.2) is 25.4 Å². The number of aromatic nitrogens is 4. The van der Waals surface area contributed by atoms with Crippen LogP contribution in [0.5, 0.6) is 0 Å². The van der Waals surface area contributed by atoms with Crippen molar-refractivity contribution < 1.29 is 4.79 Å². The fourth-order valence-corrected chi connectivity index (χ4v) is 4.94. The summed E-state index contributed by atoms with van der Waals surface area (Å²) in [5.41, 5.74) is 5.00. The van der Waals surface area contributed by atoms with Crippen molar-refractivity contribution in [2.24, 2.45) is 0 Å². The lowest BCUT2D eigenvalue weighted by Crippen LogP contribution is -2.21. The van der Waals surface area contributed by atoms with Crippen LogP contribution in [0.3, 0.4) is 0 Å². The molecule has 0 saturated heterocycles. The molecule has 0 aliphatic heterocycles. The van der Waals surface area contributed by atoms with Crippen molar-refractivity contribution in [3.8, 4) is 0 Å². The summed E-state index contributed by atoms with van der Waals surface area (Å²) in [7, 11) is 0. The highest BCUT2D eigenvalue weighted by molar-refractivity contribution is 7.98. The number of nitrogens with zero attached hydrogens (tertiary/aromatic N) is 4. The SMILES string of the molecule is Cc1ccccc1CSc1nc2nc3c(cn2n1)C(=O)CC(c1cccc(Cl)c1)C3. The molecule has 2 aromatic heterocycles. The average Bonchev–Trinajstić information content (AvgIpc) is 3.13. The third-order valence-electron chi connectivity index (χ3n) is 5.50. The maximum absolute atomic E-state index is 12.8. The van der Waals surface area contributed by atoms with Crippen LogP contribution in [0, 0.1) is 6.92 Å². The Morgan fingerprint density at radius 1 is 1.13 bits per heavy atom. The second kappa shape index (κ2) is 7.85. The minimum absolute atomic E-state index is 0.0801. The van der Waals surface area contributed by atoms with Crippen molar-refractivity contribution in [3.05, 3.63) is 87.7 Å². The number of aryl methyl sites for hydroxylation is 1. The normalized spacial score (nSPS) is 16.1. The van der Waals surface area contributed by atoms with Gasteiger partial charge < -0.3 is 0 Å². The molecule has 0 N–H and O–H groups in total. The number of hydrogen-bond acceptors (Lipinski definition) is 5. The van der Waals surface area contributed by atoms with Gasteiger partial charge in [0.1, 0.15) is 0 Å².